The number of anilines is 2. The van der Waals surface area contributed by atoms with E-state index in [1.807, 2.05) is 30.3 Å². The summed E-state index contributed by atoms with van der Waals surface area (Å²) in [4.78, 5) is 18.2. The Morgan fingerprint density at radius 1 is 1.00 bits per heavy atom. The summed E-state index contributed by atoms with van der Waals surface area (Å²) in [6.07, 6.45) is 0.634. The zero-order valence-corrected chi connectivity index (χ0v) is 20.0. The molecule has 6 nitrogen and oxygen atoms in total. The van der Waals surface area contributed by atoms with E-state index >= 15 is 0 Å². The number of amides is 1. The molecule has 3 aromatic carbocycles. The summed E-state index contributed by atoms with van der Waals surface area (Å²) in [6.45, 7) is 2.57. The van der Waals surface area contributed by atoms with Crippen LogP contribution in [0.1, 0.15) is 11.1 Å². The van der Waals surface area contributed by atoms with Crippen LogP contribution >= 0.6 is 0 Å². The van der Waals surface area contributed by atoms with Gasteiger partial charge in [-0.2, -0.15) is 0 Å². The molecule has 0 radical (unpaired) electrons. The van der Waals surface area contributed by atoms with Gasteiger partial charge >= 0.3 is 0 Å². The number of nitrogens with one attached hydrogen (secondary N) is 1. The van der Waals surface area contributed by atoms with Gasteiger partial charge in [0.2, 0.25) is 5.91 Å². The van der Waals surface area contributed by atoms with Crippen molar-refractivity contribution in [3.05, 3.63) is 83.7 Å². The number of hydrogen-bond acceptors (Lipinski definition) is 5. The molecule has 0 aromatic heterocycles. The third-order valence-corrected chi connectivity index (χ3v) is 7.04. The normalized spacial score (nSPS) is 18.9. The Kier molecular flexibility index (Phi) is 6.49. The van der Waals surface area contributed by atoms with Crippen molar-refractivity contribution in [1.29, 1.82) is 0 Å². The van der Waals surface area contributed by atoms with Gasteiger partial charge in [-0.1, -0.05) is 30.3 Å². The van der Waals surface area contributed by atoms with Crippen molar-refractivity contribution in [3.8, 4) is 11.5 Å². The fraction of sp³-hybridized carbons (Fsp3) is 0.321. The van der Waals surface area contributed by atoms with Gasteiger partial charge in [-0.15, -0.1) is 0 Å². The van der Waals surface area contributed by atoms with Gasteiger partial charge in [0, 0.05) is 37.9 Å². The number of methoxy groups -OCH3 is 2. The first-order chi connectivity index (χ1) is 17.1. The SMILES string of the molecule is COc1ccc2c(c1)N1CCN(c3ccccc3OC)C[C@@H]1[C@@H](C(=O)NCc1cccc(F)c1)C2. The molecule has 182 valence electrons. The van der Waals surface area contributed by atoms with Crippen LogP contribution in [0.25, 0.3) is 0 Å². The van der Waals surface area contributed by atoms with E-state index < -0.39 is 0 Å². The van der Waals surface area contributed by atoms with E-state index in [-0.39, 0.29) is 23.7 Å². The van der Waals surface area contributed by atoms with Crippen LogP contribution in [0, 0.1) is 11.7 Å². The fourth-order valence-corrected chi connectivity index (χ4v) is 5.28. The number of rotatable bonds is 6. The molecule has 1 saturated heterocycles. The lowest BCUT2D eigenvalue weighted by atomic mass is 9.83. The molecule has 0 unspecified atom stereocenters. The van der Waals surface area contributed by atoms with E-state index in [9.17, 15) is 9.18 Å². The topological polar surface area (TPSA) is 54.0 Å². The lowest BCUT2D eigenvalue weighted by Crippen LogP contribution is -2.61. The van der Waals surface area contributed by atoms with Crippen LogP contribution in [0.4, 0.5) is 15.8 Å². The van der Waals surface area contributed by atoms with Gasteiger partial charge < -0.3 is 24.6 Å². The van der Waals surface area contributed by atoms with Gasteiger partial charge in [-0.25, -0.2) is 4.39 Å². The van der Waals surface area contributed by atoms with E-state index in [4.69, 9.17) is 9.47 Å². The van der Waals surface area contributed by atoms with E-state index in [0.717, 1.165) is 47.1 Å². The molecule has 1 fully saturated rings. The van der Waals surface area contributed by atoms with Crippen LogP contribution < -0.4 is 24.6 Å². The maximum atomic E-state index is 13.6. The number of nitrogens with zero attached hydrogens (tertiary/aromatic N) is 2. The van der Waals surface area contributed by atoms with E-state index in [2.05, 4.69) is 33.3 Å². The number of para-hydroxylation sites is 2. The fourth-order valence-electron chi connectivity index (χ4n) is 5.28. The predicted octanol–water partition coefficient (Wildman–Crippen LogP) is 4.03. The smallest absolute Gasteiger partial charge is 0.225 e. The predicted molar refractivity (Wildman–Crippen MR) is 135 cm³/mol. The zero-order chi connectivity index (χ0) is 24.4. The maximum absolute atomic E-state index is 13.6. The molecule has 0 saturated carbocycles. The highest BCUT2D eigenvalue weighted by Crippen LogP contribution is 2.40. The third kappa shape index (κ3) is 4.63. The van der Waals surface area contributed by atoms with Gasteiger partial charge in [0.25, 0.3) is 0 Å². The third-order valence-electron chi connectivity index (χ3n) is 7.04. The minimum Gasteiger partial charge on any atom is -0.497 e. The summed E-state index contributed by atoms with van der Waals surface area (Å²) in [5.41, 5.74) is 4.04. The lowest BCUT2D eigenvalue weighted by molar-refractivity contribution is -0.126. The molecule has 2 heterocycles. The molecule has 5 rings (SSSR count). The number of benzene rings is 3. The summed E-state index contributed by atoms with van der Waals surface area (Å²) < 4.78 is 24.7. The summed E-state index contributed by atoms with van der Waals surface area (Å²) in [5, 5.41) is 3.06. The summed E-state index contributed by atoms with van der Waals surface area (Å²) in [6, 6.07) is 20.4. The van der Waals surface area contributed by atoms with Crippen LogP contribution in [-0.4, -0.2) is 45.8 Å². The van der Waals surface area contributed by atoms with Crippen LogP contribution in [0.5, 0.6) is 11.5 Å². The zero-order valence-electron chi connectivity index (χ0n) is 20.0. The summed E-state index contributed by atoms with van der Waals surface area (Å²) in [7, 11) is 3.35. The Morgan fingerprint density at radius 3 is 2.66 bits per heavy atom. The average molecular weight is 476 g/mol. The minimum atomic E-state index is -0.303. The Balaban J connectivity index is 1.43. The quantitative estimate of drug-likeness (QED) is 0.584. The monoisotopic (exact) mass is 475 g/mol. The number of hydrogen-bond donors (Lipinski definition) is 1. The van der Waals surface area contributed by atoms with Gasteiger partial charge in [0.1, 0.15) is 17.3 Å². The van der Waals surface area contributed by atoms with Crippen molar-refractivity contribution in [2.45, 2.75) is 19.0 Å². The van der Waals surface area contributed by atoms with E-state index in [1.165, 1.54) is 12.1 Å². The van der Waals surface area contributed by atoms with Gasteiger partial charge in [-0.3, -0.25) is 4.79 Å². The molecule has 3 aromatic rings. The molecule has 0 aliphatic carbocycles. The molecule has 7 heteroatoms. The first kappa shape index (κ1) is 23.0. The Bertz CT molecular complexity index is 1220. The first-order valence-electron chi connectivity index (χ1n) is 11.9. The second-order valence-corrected chi connectivity index (χ2v) is 9.03. The lowest BCUT2D eigenvalue weighted by Gasteiger charge is -2.49. The van der Waals surface area contributed by atoms with Crippen molar-refractivity contribution >= 4 is 17.3 Å². The highest BCUT2D eigenvalue weighted by Gasteiger charge is 2.42. The van der Waals surface area contributed by atoms with Crippen molar-refractivity contribution < 1.29 is 18.7 Å². The molecule has 0 spiro atoms. The van der Waals surface area contributed by atoms with Crippen molar-refractivity contribution in [1.82, 2.24) is 5.32 Å². The van der Waals surface area contributed by atoms with Crippen LogP contribution in [0.2, 0.25) is 0 Å². The molecule has 1 amide bonds. The summed E-state index contributed by atoms with van der Waals surface area (Å²) >= 11 is 0. The van der Waals surface area contributed by atoms with Gasteiger partial charge in [-0.05, 0) is 47.9 Å². The minimum absolute atomic E-state index is 0.0207. The van der Waals surface area contributed by atoms with Gasteiger partial charge in [0.05, 0.1) is 31.9 Å². The van der Waals surface area contributed by atoms with Gasteiger partial charge in [0.15, 0.2) is 0 Å². The number of carbonyl (C=O) groups is 1. The molecular formula is C28H30FN3O3. The van der Waals surface area contributed by atoms with E-state index in [1.54, 1.807) is 20.3 Å². The number of halogens is 1. The van der Waals surface area contributed by atoms with Crippen molar-refractivity contribution in [2.24, 2.45) is 5.92 Å². The average Bonchev–Trinajstić information content (AvgIpc) is 2.90. The van der Waals surface area contributed by atoms with Crippen LogP contribution in [0.3, 0.4) is 0 Å². The molecular weight excluding hydrogens is 445 g/mol. The second-order valence-electron chi connectivity index (χ2n) is 9.03. The van der Waals surface area contributed by atoms with Crippen LogP contribution in [-0.2, 0) is 17.8 Å². The molecule has 35 heavy (non-hydrogen) atoms. The highest BCUT2D eigenvalue weighted by molar-refractivity contribution is 5.82. The molecule has 2 atom stereocenters. The second kappa shape index (κ2) is 9.86. The Morgan fingerprint density at radius 2 is 1.86 bits per heavy atom. The summed E-state index contributed by atoms with van der Waals surface area (Å²) in [5.74, 6) is 1.06. The molecule has 1 N–H and O–H groups in total. The standard InChI is InChI=1S/C28H30FN3O3/c1-34-22-11-10-20-15-23(28(33)30-17-19-6-5-7-21(29)14-19)26-18-31(12-13-32(26)25(20)16-22)24-8-3-4-9-27(24)35-2/h3-11,14,16,23,26H,12-13,15,17-18H2,1-2H3,(H,30,33)/t23-,26+/m0/s1. The van der Waals surface area contributed by atoms with Crippen LogP contribution in [0.15, 0.2) is 66.7 Å². The maximum Gasteiger partial charge on any atom is 0.225 e. The first-order valence-corrected chi connectivity index (χ1v) is 11.9. The van der Waals surface area contributed by atoms with Crippen molar-refractivity contribution in [3.63, 3.8) is 0 Å². The molecule has 2 aliphatic rings. The highest BCUT2D eigenvalue weighted by atomic mass is 19.1. The number of piperazine rings is 1. The number of carbonyl (C=O) groups excluding carboxylic acids is 1. The van der Waals surface area contributed by atoms with Crippen molar-refractivity contribution in [2.75, 3.05) is 43.7 Å². The molecule has 0 bridgehead atoms. The van der Waals surface area contributed by atoms with E-state index in [0.29, 0.717) is 19.5 Å². The Labute approximate surface area is 205 Å². The number of ether oxygens (including phenoxy) is 2. The molecule has 2 aliphatic heterocycles. The number of fused-ring (bicyclic) bond motifs is 3. The largest absolute Gasteiger partial charge is 0.497 e. The Hall–Kier alpha value is -3.74.